The second kappa shape index (κ2) is 7.74. The lowest BCUT2D eigenvalue weighted by atomic mass is 10.1. The van der Waals surface area contributed by atoms with E-state index in [1.165, 1.54) is 24.8 Å². The van der Waals surface area contributed by atoms with E-state index in [1.807, 2.05) is 6.33 Å². The van der Waals surface area contributed by atoms with E-state index in [0.717, 1.165) is 25.3 Å². The first-order valence-corrected chi connectivity index (χ1v) is 7.14. The van der Waals surface area contributed by atoms with Crippen LogP contribution in [0.1, 0.15) is 31.0 Å². The van der Waals surface area contributed by atoms with E-state index in [4.69, 9.17) is 0 Å². The highest BCUT2D eigenvalue weighted by atomic mass is 15.0. The van der Waals surface area contributed by atoms with Crippen molar-refractivity contribution < 1.29 is 0 Å². The summed E-state index contributed by atoms with van der Waals surface area (Å²) in [6.45, 7) is 5.03. The molecule has 1 aromatic carbocycles. The van der Waals surface area contributed by atoms with Gasteiger partial charge in [-0.15, -0.1) is 0 Å². The van der Waals surface area contributed by atoms with Gasteiger partial charge in [-0.05, 0) is 31.4 Å². The summed E-state index contributed by atoms with van der Waals surface area (Å²) < 4.78 is 2.19. The number of hydrogen-bond donors (Lipinski definition) is 1. The SMILES string of the molecule is CCNCc1cn(CCCCc2ccccc2)cn1. The Morgan fingerprint density at radius 2 is 2.00 bits per heavy atom. The molecule has 0 radical (unpaired) electrons. The van der Waals surface area contributed by atoms with Gasteiger partial charge in [0.05, 0.1) is 12.0 Å². The molecule has 0 fully saturated rings. The number of imidazole rings is 1. The quantitative estimate of drug-likeness (QED) is 0.737. The van der Waals surface area contributed by atoms with E-state index < -0.39 is 0 Å². The molecule has 3 nitrogen and oxygen atoms in total. The van der Waals surface area contributed by atoms with Crippen LogP contribution < -0.4 is 5.32 Å². The minimum atomic E-state index is 0.869. The Labute approximate surface area is 115 Å². The molecule has 2 rings (SSSR count). The van der Waals surface area contributed by atoms with Crippen LogP contribution in [0.15, 0.2) is 42.9 Å². The number of nitrogens with one attached hydrogen (secondary N) is 1. The van der Waals surface area contributed by atoms with Gasteiger partial charge in [0, 0.05) is 19.3 Å². The fourth-order valence-corrected chi connectivity index (χ4v) is 2.14. The van der Waals surface area contributed by atoms with Gasteiger partial charge in [-0.25, -0.2) is 4.98 Å². The number of aromatic nitrogens is 2. The number of benzene rings is 1. The van der Waals surface area contributed by atoms with Crippen LogP contribution >= 0.6 is 0 Å². The molecule has 3 heteroatoms. The van der Waals surface area contributed by atoms with E-state index in [0.29, 0.717) is 0 Å². The van der Waals surface area contributed by atoms with Crippen LogP contribution in [0.3, 0.4) is 0 Å². The number of nitrogens with zero attached hydrogens (tertiary/aromatic N) is 2. The average Bonchev–Trinajstić information content (AvgIpc) is 2.90. The third-order valence-corrected chi connectivity index (χ3v) is 3.22. The highest BCUT2D eigenvalue weighted by Crippen LogP contribution is 2.06. The van der Waals surface area contributed by atoms with Crippen LogP contribution in [0.4, 0.5) is 0 Å². The van der Waals surface area contributed by atoms with Crippen LogP contribution in [-0.4, -0.2) is 16.1 Å². The molecule has 0 atom stereocenters. The van der Waals surface area contributed by atoms with Gasteiger partial charge in [-0.3, -0.25) is 0 Å². The minimum Gasteiger partial charge on any atom is -0.337 e. The van der Waals surface area contributed by atoms with Crippen LogP contribution in [0.5, 0.6) is 0 Å². The molecule has 0 bridgehead atoms. The molecule has 0 amide bonds. The van der Waals surface area contributed by atoms with Crippen molar-refractivity contribution in [3.05, 3.63) is 54.1 Å². The van der Waals surface area contributed by atoms with Crippen molar-refractivity contribution in [3.8, 4) is 0 Å². The van der Waals surface area contributed by atoms with Crippen LogP contribution in [-0.2, 0) is 19.5 Å². The summed E-state index contributed by atoms with van der Waals surface area (Å²) in [5.41, 5.74) is 2.56. The maximum atomic E-state index is 4.39. The smallest absolute Gasteiger partial charge is 0.0949 e. The first-order valence-electron chi connectivity index (χ1n) is 7.14. The van der Waals surface area contributed by atoms with Crippen molar-refractivity contribution in [2.75, 3.05) is 6.54 Å². The van der Waals surface area contributed by atoms with Crippen LogP contribution in [0.25, 0.3) is 0 Å². The summed E-state index contributed by atoms with van der Waals surface area (Å²) in [6.07, 6.45) is 7.68. The van der Waals surface area contributed by atoms with E-state index in [9.17, 15) is 0 Å². The standard InChI is InChI=1S/C16H23N3/c1-2-17-12-16-13-19(14-18-16)11-7-6-10-15-8-4-3-5-9-15/h3-5,8-9,13-14,17H,2,6-7,10-12H2,1H3. The zero-order valence-corrected chi connectivity index (χ0v) is 11.7. The normalized spacial score (nSPS) is 10.8. The summed E-state index contributed by atoms with van der Waals surface area (Å²) in [5, 5.41) is 3.29. The Morgan fingerprint density at radius 3 is 2.79 bits per heavy atom. The van der Waals surface area contributed by atoms with Gasteiger partial charge in [-0.2, -0.15) is 0 Å². The molecule has 102 valence electrons. The highest BCUT2D eigenvalue weighted by Gasteiger charge is 1.98. The Bertz CT molecular complexity index is 462. The third kappa shape index (κ3) is 4.87. The third-order valence-electron chi connectivity index (χ3n) is 3.22. The van der Waals surface area contributed by atoms with E-state index in [2.05, 4.69) is 58.3 Å². The molecular formula is C16H23N3. The van der Waals surface area contributed by atoms with Gasteiger partial charge in [-0.1, -0.05) is 37.3 Å². The molecule has 2 aromatic rings. The molecule has 0 saturated heterocycles. The van der Waals surface area contributed by atoms with Crippen molar-refractivity contribution in [2.45, 2.75) is 39.3 Å². The van der Waals surface area contributed by atoms with Crippen LogP contribution in [0.2, 0.25) is 0 Å². The Hall–Kier alpha value is -1.61. The predicted octanol–water partition coefficient (Wildman–Crippen LogP) is 3.02. The summed E-state index contributed by atoms with van der Waals surface area (Å²) in [4.78, 5) is 4.39. The van der Waals surface area contributed by atoms with Gasteiger partial charge in [0.15, 0.2) is 0 Å². The summed E-state index contributed by atoms with van der Waals surface area (Å²) in [5.74, 6) is 0. The van der Waals surface area contributed by atoms with Crippen molar-refractivity contribution >= 4 is 0 Å². The molecule has 1 aromatic heterocycles. The molecule has 0 spiro atoms. The van der Waals surface area contributed by atoms with Gasteiger partial charge >= 0.3 is 0 Å². The zero-order valence-electron chi connectivity index (χ0n) is 11.7. The molecule has 1 heterocycles. The first kappa shape index (κ1) is 13.8. The lowest BCUT2D eigenvalue weighted by Crippen LogP contribution is -2.11. The van der Waals surface area contributed by atoms with Crippen molar-refractivity contribution in [1.29, 1.82) is 0 Å². The first-order chi connectivity index (χ1) is 9.38. The average molecular weight is 257 g/mol. The van der Waals surface area contributed by atoms with Crippen molar-refractivity contribution in [3.63, 3.8) is 0 Å². The van der Waals surface area contributed by atoms with E-state index in [1.54, 1.807) is 0 Å². The Morgan fingerprint density at radius 1 is 1.16 bits per heavy atom. The second-order valence-electron chi connectivity index (χ2n) is 4.83. The van der Waals surface area contributed by atoms with E-state index in [-0.39, 0.29) is 0 Å². The Kier molecular flexibility index (Phi) is 5.63. The van der Waals surface area contributed by atoms with Crippen molar-refractivity contribution in [2.24, 2.45) is 0 Å². The number of aryl methyl sites for hydroxylation is 2. The lowest BCUT2D eigenvalue weighted by molar-refractivity contribution is 0.608. The molecule has 19 heavy (non-hydrogen) atoms. The maximum Gasteiger partial charge on any atom is 0.0949 e. The lowest BCUT2D eigenvalue weighted by Gasteiger charge is -2.03. The number of unbranched alkanes of at least 4 members (excludes halogenated alkanes) is 1. The van der Waals surface area contributed by atoms with Crippen LogP contribution in [0, 0.1) is 0 Å². The summed E-state index contributed by atoms with van der Waals surface area (Å²) >= 11 is 0. The fourth-order valence-electron chi connectivity index (χ4n) is 2.14. The molecule has 0 aliphatic rings. The van der Waals surface area contributed by atoms with Gasteiger partial charge < -0.3 is 9.88 Å². The minimum absolute atomic E-state index is 0.869. The molecule has 0 aliphatic carbocycles. The molecule has 1 N–H and O–H groups in total. The molecular weight excluding hydrogens is 234 g/mol. The highest BCUT2D eigenvalue weighted by molar-refractivity contribution is 5.14. The Balaban J connectivity index is 1.66. The molecule has 0 unspecified atom stereocenters. The molecule has 0 saturated carbocycles. The van der Waals surface area contributed by atoms with Crippen molar-refractivity contribution in [1.82, 2.24) is 14.9 Å². The topological polar surface area (TPSA) is 29.9 Å². The van der Waals surface area contributed by atoms with Gasteiger partial charge in [0.2, 0.25) is 0 Å². The predicted molar refractivity (Wildman–Crippen MR) is 79.0 cm³/mol. The maximum absolute atomic E-state index is 4.39. The summed E-state index contributed by atoms with van der Waals surface area (Å²) in [6, 6.07) is 10.7. The zero-order chi connectivity index (χ0) is 13.3. The number of rotatable bonds is 8. The second-order valence-corrected chi connectivity index (χ2v) is 4.83. The summed E-state index contributed by atoms with van der Waals surface area (Å²) in [7, 11) is 0. The fraction of sp³-hybridized carbons (Fsp3) is 0.438. The van der Waals surface area contributed by atoms with E-state index >= 15 is 0 Å². The largest absolute Gasteiger partial charge is 0.337 e. The number of hydrogen-bond acceptors (Lipinski definition) is 2. The monoisotopic (exact) mass is 257 g/mol. The molecule has 0 aliphatic heterocycles. The van der Waals surface area contributed by atoms with Gasteiger partial charge in [0.1, 0.15) is 0 Å². The van der Waals surface area contributed by atoms with Gasteiger partial charge in [0.25, 0.3) is 0 Å².